The summed E-state index contributed by atoms with van der Waals surface area (Å²) in [6, 6.07) is 4.11. The minimum atomic E-state index is -0.347. The molecule has 23 heavy (non-hydrogen) atoms. The van der Waals surface area contributed by atoms with E-state index in [0.717, 1.165) is 39.0 Å². The van der Waals surface area contributed by atoms with E-state index in [4.69, 9.17) is 4.74 Å². The fourth-order valence-electron chi connectivity index (χ4n) is 3.97. The molecule has 0 spiro atoms. The molecule has 1 aromatic heterocycles. The van der Waals surface area contributed by atoms with Crippen molar-refractivity contribution in [2.75, 3.05) is 26.2 Å². The van der Waals surface area contributed by atoms with Gasteiger partial charge >= 0.3 is 0 Å². The number of nitrogens with zero attached hydrogens (tertiary/aromatic N) is 2. The Kier molecular flexibility index (Phi) is 4.07. The first kappa shape index (κ1) is 15.1. The van der Waals surface area contributed by atoms with Crippen LogP contribution in [0.4, 0.5) is 0 Å². The Morgan fingerprint density at radius 1 is 1.35 bits per heavy atom. The minimum Gasteiger partial charge on any atom is -0.377 e. The lowest BCUT2D eigenvalue weighted by Gasteiger charge is -2.42. The molecule has 1 amide bonds. The van der Waals surface area contributed by atoms with Crippen LogP contribution in [0, 0.1) is 11.3 Å². The van der Waals surface area contributed by atoms with Crippen molar-refractivity contribution in [3.63, 3.8) is 0 Å². The van der Waals surface area contributed by atoms with E-state index < -0.39 is 0 Å². The van der Waals surface area contributed by atoms with Crippen molar-refractivity contribution < 1.29 is 9.53 Å². The summed E-state index contributed by atoms with van der Waals surface area (Å²) in [6.07, 6.45) is 8.08. The van der Waals surface area contributed by atoms with Crippen molar-refractivity contribution in [3.8, 4) is 0 Å². The standard InChI is InChI=1S/C18H25N3O2/c22-17(20-11-14-1-2-14)18-6-10-23-16(18)5-9-21(13-18)12-15-3-7-19-8-4-15/h3-4,7-8,14,16H,1-2,5-6,9-13H2,(H,20,22)/t16-,18-/m1/s1. The molecule has 124 valence electrons. The number of amides is 1. The zero-order valence-electron chi connectivity index (χ0n) is 13.5. The molecule has 2 atom stereocenters. The first-order valence-electron chi connectivity index (χ1n) is 8.77. The lowest BCUT2D eigenvalue weighted by atomic mass is 9.75. The van der Waals surface area contributed by atoms with Crippen LogP contribution < -0.4 is 5.32 Å². The normalized spacial score (nSPS) is 30.9. The average Bonchev–Trinajstić information content (AvgIpc) is 3.31. The Morgan fingerprint density at radius 3 is 2.96 bits per heavy atom. The first-order valence-corrected chi connectivity index (χ1v) is 8.77. The van der Waals surface area contributed by atoms with Crippen molar-refractivity contribution in [1.29, 1.82) is 0 Å². The van der Waals surface area contributed by atoms with Crippen LogP contribution in [0.15, 0.2) is 24.5 Å². The van der Waals surface area contributed by atoms with Gasteiger partial charge in [0.05, 0.1) is 11.5 Å². The molecule has 2 saturated heterocycles. The highest BCUT2D eigenvalue weighted by Crippen LogP contribution is 2.41. The third-order valence-corrected chi connectivity index (χ3v) is 5.55. The number of rotatable bonds is 5. The molecule has 0 aromatic carbocycles. The predicted molar refractivity (Wildman–Crippen MR) is 86.7 cm³/mol. The number of hydrogen-bond acceptors (Lipinski definition) is 4. The molecule has 2 aliphatic heterocycles. The van der Waals surface area contributed by atoms with Gasteiger partial charge in [0, 0.05) is 45.2 Å². The van der Waals surface area contributed by atoms with E-state index >= 15 is 0 Å². The van der Waals surface area contributed by atoms with Crippen LogP contribution >= 0.6 is 0 Å². The zero-order chi connectivity index (χ0) is 15.7. The van der Waals surface area contributed by atoms with Crippen LogP contribution in [-0.4, -0.2) is 48.1 Å². The molecule has 3 fully saturated rings. The average molecular weight is 315 g/mol. The Bertz CT molecular complexity index is 561. The lowest BCUT2D eigenvalue weighted by Crippen LogP contribution is -2.57. The highest BCUT2D eigenvalue weighted by atomic mass is 16.5. The molecule has 3 heterocycles. The molecule has 0 bridgehead atoms. The van der Waals surface area contributed by atoms with Gasteiger partial charge in [-0.15, -0.1) is 0 Å². The van der Waals surface area contributed by atoms with E-state index in [0.29, 0.717) is 12.5 Å². The minimum absolute atomic E-state index is 0.0930. The number of carbonyl (C=O) groups excluding carboxylic acids is 1. The summed E-state index contributed by atoms with van der Waals surface area (Å²) in [7, 11) is 0. The Morgan fingerprint density at radius 2 is 2.17 bits per heavy atom. The second kappa shape index (κ2) is 6.21. The highest BCUT2D eigenvalue weighted by Gasteiger charge is 2.53. The van der Waals surface area contributed by atoms with E-state index in [1.54, 1.807) is 0 Å². The highest BCUT2D eigenvalue weighted by molar-refractivity contribution is 5.84. The molecular weight excluding hydrogens is 290 g/mol. The van der Waals surface area contributed by atoms with Crippen LogP contribution in [0.25, 0.3) is 0 Å². The number of ether oxygens (including phenoxy) is 1. The molecular formula is C18H25N3O2. The van der Waals surface area contributed by atoms with Gasteiger partial charge in [0.2, 0.25) is 5.91 Å². The second-order valence-electron chi connectivity index (χ2n) is 7.27. The molecule has 1 saturated carbocycles. The summed E-state index contributed by atoms with van der Waals surface area (Å²) < 4.78 is 5.90. The number of piperidine rings is 1. The topological polar surface area (TPSA) is 54.5 Å². The van der Waals surface area contributed by atoms with Crippen molar-refractivity contribution >= 4 is 5.91 Å². The summed E-state index contributed by atoms with van der Waals surface area (Å²) in [4.78, 5) is 19.4. The van der Waals surface area contributed by atoms with Crippen LogP contribution in [0.2, 0.25) is 0 Å². The van der Waals surface area contributed by atoms with Crippen molar-refractivity contribution in [2.45, 2.75) is 38.3 Å². The Hall–Kier alpha value is -1.46. The maximum Gasteiger partial charge on any atom is 0.230 e. The van der Waals surface area contributed by atoms with E-state index in [-0.39, 0.29) is 17.4 Å². The van der Waals surface area contributed by atoms with E-state index in [2.05, 4.69) is 27.3 Å². The number of carbonyl (C=O) groups is 1. The van der Waals surface area contributed by atoms with Crippen LogP contribution in [-0.2, 0) is 16.1 Å². The maximum absolute atomic E-state index is 12.9. The molecule has 0 unspecified atom stereocenters. The predicted octanol–water partition coefficient (Wildman–Crippen LogP) is 1.59. The summed E-state index contributed by atoms with van der Waals surface area (Å²) in [6.45, 7) is 4.23. The number of likely N-dealkylation sites (tertiary alicyclic amines) is 1. The lowest BCUT2D eigenvalue weighted by molar-refractivity contribution is -0.139. The van der Waals surface area contributed by atoms with Crippen LogP contribution in [0.1, 0.15) is 31.2 Å². The summed E-state index contributed by atoms with van der Waals surface area (Å²) >= 11 is 0. The van der Waals surface area contributed by atoms with E-state index in [1.807, 2.05) is 12.4 Å². The van der Waals surface area contributed by atoms with Gasteiger partial charge in [0.15, 0.2) is 0 Å². The quantitative estimate of drug-likeness (QED) is 0.896. The molecule has 0 radical (unpaired) electrons. The number of aromatic nitrogens is 1. The fourth-order valence-corrected chi connectivity index (χ4v) is 3.97. The van der Waals surface area contributed by atoms with Crippen LogP contribution in [0.5, 0.6) is 0 Å². The fraction of sp³-hybridized carbons (Fsp3) is 0.667. The van der Waals surface area contributed by atoms with Crippen molar-refractivity contribution in [2.24, 2.45) is 11.3 Å². The monoisotopic (exact) mass is 315 g/mol. The summed E-state index contributed by atoms with van der Waals surface area (Å²) in [5.74, 6) is 0.930. The third-order valence-electron chi connectivity index (χ3n) is 5.55. The summed E-state index contributed by atoms with van der Waals surface area (Å²) in [5, 5.41) is 3.21. The van der Waals surface area contributed by atoms with Crippen molar-refractivity contribution in [3.05, 3.63) is 30.1 Å². The molecule has 4 rings (SSSR count). The number of nitrogens with one attached hydrogen (secondary N) is 1. The number of hydrogen-bond donors (Lipinski definition) is 1. The van der Waals surface area contributed by atoms with Gasteiger partial charge < -0.3 is 10.1 Å². The zero-order valence-corrected chi connectivity index (χ0v) is 13.5. The smallest absolute Gasteiger partial charge is 0.230 e. The first-order chi connectivity index (χ1) is 11.3. The van der Waals surface area contributed by atoms with Gasteiger partial charge in [-0.2, -0.15) is 0 Å². The molecule has 1 aromatic rings. The maximum atomic E-state index is 12.9. The summed E-state index contributed by atoms with van der Waals surface area (Å²) in [5.41, 5.74) is 0.908. The van der Waals surface area contributed by atoms with E-state index in [1.165, 1.54) is 18.4 Å². The van der Waals surface area contributed by atoms with Gasteiger partial charge in [-0.3, -0.25) is 14.7 Å². The van der Waals surface area contributed by atoms with E-state index in [9.17, 15) is 4.79 Å². The third kappa shape index (κ3) is 3.12. The molecule has 5 nitrogen and oxygen atoms in total. The van der Waals surface area contributed by atoms with Gasteiger partial charge in [-0.1, -0.05) is 0 Å². The van der Waals surface area contributed by atoms with Gasteiger partial charge in [-0.25, -0.2) is 0 Å². The molecule has 1 aliphatic carbocycles. The molecule has 1 N–H and O–H groups in total. The Balaban J connectivity index is 1.45. The van der Waals surface area contributed by atoms with Gasteiger partial charge in [0.1, 0.15) is 0 Å². The number of pyridine rings is 1. The van der Waals surface area contributed by atoms with Crippen molar-refractivity contribution in [1.82, 2.24) is 15.2 Å². The van der Waals surface area contributed by atoms with Gasteiger partial charge in [0.25, 0.3) is 0 Å². The molecule has 3 aliphatic rings. The van der Waals surface area contributed by atoms with Crippen LogP contribution in [0.3, 0.4) is 0 Å². The Labute approximate surface area is 137 Å². The SMILES string of the molecule is O=C(NCC1CC1)[C@@]12CCO[C@@H]1CCN(Cc1ccncc1)C2. The second-order valence-corrected chi connectivity index (χ2v) is 7.27. The largest absolute Gasteiger partial charge is 0.377 e. The molecule has 5 heteroatoms. The van der Waals surface area contributed by atoms with Gasteiger partial charge in [-0.05, 0) is 49.3 Å². The number of fused-ring (bicyclic) bond motifs is 1.